The number of halogens is 1. The number of hydrogen-bond donors (Lipinski definition) is 0. The molecule has 0 saturated carbocycles. The van der Waals surface area contributed by atoms with Crippen molar-refractivity contribution >= 4 is 16.8 Å². The molecule has 0 aliphatic heterocycles. The first-order valence-corrected chi connectivity index (χ1v) is 7.47. The molecule has 0 N–H and O–H groups in total. The molecule has 0 aromatic heterocycles. The molecule has 0 aliphatic rings. The third-order valence-electron chi connectivity index (χ3n) is 3.76. The molecule has 0 aliphatic carbocycles. The predicted molar refractivity (Wildman–Crippen MR) is 85.0 cm³/mol. The average molecular weight is 295 g/mol. The summed E-state index contributed by atoms with van der Waals surface area (Å²) in [6.45, 7) is 11.4. The molecule has 0 saturated heterocycles. The summed E-state index contributed by atoms with van der Waals surface area (Å²) < 4.78 is 0. The van der Waals surface area contributed by atoms with Crippen LogP contribution < -0.4 is 0 Å². The summed E-state index contributed by atoms with van der Waals surface area (Å²) in [4.78, 5) is 11.5. The van der Waals surface area contributed by atoms with Crippen molar-refractivity contribution in [3.8, 4) is 6.07 Å². The van der Waals surface area contributed by atoms with E-state index in [0.29, 0.717) is 19.3 Å². The standard InChI is InChI=1S/C17H25ClNO/c1-5-14(3)10-8-7-9-11-15(13-19)12-17(4,6-2)16(18)20/h5,7,9,14-15H,1,3,6,8,10-12H2,2,4H3/q+1. The molecular weight excluding hydrogens is 270 g/mol. The predicted octanol–water partition coefficient (Wildman–Crippen LogP) is 5.06. The van der Waals surface area contributed by atoms with Crippen molar-refractivity contribution in [3.05, 3.63) is 31.7 Å². The lowest BCUT2D eigenvalue weighted by molar-refractivity contribution is -0.120. The minimum Gasteiger partial charge on any atom is -0.281 e. The quantitative estimate of drug-likeness (QED) is 0.321. The van der Waals surface area contributed by atoms with Crippen molar-refractivity contribution in [2.45, 2.75) is 46.0 Å². The van der Waals surface area contributed by atoms with E-state index in [1.165, 1.54) is 0 Å². The third kappa shape index (κ3) is 6.82. The van der Waals surface area contributed by atoms with Gasteiger partial charge in [0, 0.05) is 5.41 Å². The molecule has 110 valence electrons. The zero-order valence-corrected chi connectivity index (χ0v) is 13.3. The largest absolute Gasteiger partial charge is 0.281 e. The highest BCUT2D eigenvalue weighted by Crippen LogP contribution is 2.33. The fourth-order valence-corrected chi connectivity index (χ4v) is 2.11. The van der Waals surface area contributed by atoms with Crippen LogP contribution in [0, 0.1) is 35.5 Å². The molecule has 0 bridgehead atoms. The van der Waals surface area contributed by atoms with E-state index < -0.39 is 5.41 Å². The zero-order valence-electron chi connectivity index (χ0n) is 12.6. The average Bonchev–Trinajstić information content (AvgIpc) is 2.44. The Labute approximate surface area is 128 Å². The lowest BCUT2D eigenvalue weighted by atomic mass is 9.79. The van der Waals surface area contributed by atoms with Crippen molar-refractivity contribution in [2.24, 2.45) is 17.3 Å². The summed E-state index contributed by atoms with van der Waals surface area (Å²) in [6.07, 6.45) is 9.63. The van der Waals surface area contributed by atoms with Gasteiger partial charge in [-0.05, 0) is 49.8 Å². The molecule has 0 radical (unpaired) electrons. The molecule has 0 heterocycles. The number of carbonyl (C=O) groups excluding carboxylic acids is 1. The van der Waals surface area contributed by atoms with Gasteiger partial charge in [-0.3, -0.25) is 4.79 Å². The monoisotopic (exact) mass is 294 g/mol. The Morgan fingerprint density at radius 3 is 2.65 bits per heavy atom. The van der Waals surface area contributed by atoms with Gasteiger partial charge in [0.1, 0.15) is 5.92 Å². The molecule has 3 heteroatoms. The topological polar surface area (TPSA) is 40.9 Å². The van der Waals surface area contributed by atoms with Crippen molar-refractivity contribution in [1.82, 2.24) is 0 Å². The maximum atomic E-state index is 11.5. The minimum absolute atomic E-state index is 0.172. The van der Waals surface area contributed by atoms with Crippen molar-refractivity contribution in [3.63, 3.8) is 0 Å². The number of hydrogen-bond acceptors (Lipinski definition) is 2. The second kappa shape index (κ2) is 9.66. The van der Waals surface area contributed by atoms with Gasteiger partial charge in [-0.1, -0.05) is 32.6 Å². The highest BCUT2D eigenvalue weighted by molar-refractivity contribution is 6.64. The Hall–Kier alpha value is -1.20. The van der Waals surface area contributed by atoms with Crippen LogP contribution in [-0.4, -0.2) is 5.24 Å². The number of nitrogens with zero attached hydrogens (tertiary/aromatic N) is 1. The molecule has 0 rings (SSSR count). The van der Waals surface area contributed by atoms with Gasteiger partial charge >= 0.3 is 0 Å². The maximum Gasteiger partial charge on any atom is 0.227 e. The van der Waals surface area contributed by atoms with E-state index in [-0.39, 0.29) is 17.1 Å². The molecule has 20 heavy (non-hydrogen) atoms. The van der Waals surface area contributed by atoms with E-state index in [9.17, 15) is 10.1 Å². The van der Waals surface area contributed by atoms with Crippen molar-refractivity contribution in [2.75, 3.05) is 0 Å². The first-order valence-electron chi connectivity index (χ1n) is 7.09. The summed E-state index contributed by atoms with van der Waals surface area (Å²) in [5.74, 6) is 0.0949. The van der Waals surface area contributed by atoms with Gasteiger partial charge in [0.05, 0.1) is 18.9 Å². The molecule has 3 atom stereocenters. The Morgan fingerprint density at radius 2 is 2.20 bits per heavy atom. The molecule has 3 unspecified atom stereocenters. The molecule has 0 spiro atoms. The summed E-state index contributed by atoms with van der Waals surface area (Å²) in [7, 11) is 0. The smallest absolute Gasteiger partial charge is 0.227 e. The van der Waals surface area contributed by atoms with Crippen LogP contribution in [0.2, 0.25) is 0 Å². The molecule has 0 aromatic rings. The van der Waals surface area contributed by atoms with E-state index in [2.05, 4.69) is 25.6 Å². The first-order chi connectivity index (χ1) is 9.39. The van der Waals surface area contributed by atoms with Crippen LogP contribution in [0.15, 0.2) is 24.8 Å². The molecule has 0 amide bonds. The zero-order chi connectivity index (χ0) is 15.6. The Balaban J connectivity index is 4.30. The normalized spacial score (nSPS) is 17.1. The number of allylic oxidation sites excluding steroid dienone is 3. The van der Waals surface area contributed by atoms with Gasteiger partial charge in [-0.2, -0.15) is 5.26 Å². The molecule has 0 aromatic carbocycles. The van der Waals surface area contributed by atoms with Gasteiger partial charge in [-0.25, -0.2) is 0 Å². The van der Waals surface area contributed by atoms with Gasteiger partial charge in [0.15, 0.2) is 0 Å². The second-order valence-electron chi connectivity index (χ2n) is 5.50. The van der Waals surface area contributed by atoms with Crippen LogP contribution in [0.4, 0.5) is 0 Å². The molecule has 2 nitrogen and oxygen atoms in total. The van der Waals surface area contributed by atoms with E-state index in [0.717, 1.165) is 12.8 Å². The summed E-state index contributed by atoms with van der Waals surface area (Å²) >= 11 is 5.64. The summed E-state index contributed by atoms with van der Waals surface area (Å²) in [5, 5.41) is 8.84. The van der Waals surface area contributed by atoms with Gasteiger partial charge in [0.2, 0.25) is 5.24 Å². The number of carbonyl (C=O) groups is 1. The first kappa shape index (κ1) is 18.8. The maximum absolute atomic E-state index is 11.5. The fourth-order valence-electron chi connectivity index (χ4n) is 1.90. The number of nitriles is 1. The fraction of sp³-hybridized carbons (Fsp3) is 0.588. The lowest BCUT2D eigenvalue weighted by Crippen LogP contribution is -2.25. The van der Waals surface area contributed by atoms with Gasteiger partial charge < -0.3 is 0 Å². The summed E-state index contributed by atoms with van der Waals surface area (Å²) in [5.41, 5.74) is -0.600. The number of rotatable bonds is 10. The van der Waals surface area contributed by atoms with Crippen molar-refractivity contribution < 1.29 is 4.79 Å². The van der Waals surface area contributed by atoms with Gasteiger partial charge in [-0.15, -0.1) is 0 Å². The van der Waals surface area contributed by atoms with Crippen LogP contribution in [0.1, 0.15) is 46.0 Å². The SMILES string of the molecule is C=CC([CH2+])CCC=CCC(C#N)CC(C)(CC)C(=O)Cl. The lowest BCUT2D eigenvalue weighted by Gasteiger charge is -2.25. The van der Waals surface area contributed by atoms with Crippen molar-refractivity contribution in [1.29, 1.82) is 5.26 Å². The van der Waals surface area contributed by atoms with E-state index in [1.54, 1.807) is 0 Å². The van der Waals surface area contributed by atoms with Crippen LogP contribution in [-0.2, 0) is 4.79 Å². The van der Waals surface area contributed by atoms with Crippen LogP contribution >= 0.6 is 11.6 Å². The van der Waals surface area contributed by atoms with E-state index >= 15 is 0 Å². The Kier molecular flexibility index (Phi) is 9.08. The van der Waals surface area contributed by atoms with Crippen LogP contribution in [0.5, 0.6) is 0 Å². The second-order valence-corrected chi connectivity index (χ2v) is 5.84. The molecule has 0 fully saturated rings. The highest BCUT2D eigenvalue weighted by Gasteiger charge is 2.32. The molecular formula is C17H25ClNO+. The van der Waals surface area contributed by atoms with Gasteiger partial charge in [0.25, 0.3) is 0 Å². The minimum atomic E-state index is -0.600. The Morgan fingerprint density at radius 1 is 1.55 bits per heavy atom. The Bertz CT molecular complexity index is 383. The van der Waals surface area contributed by atoms with Crippen LogP contribution in [0.25, 0.3) is 0 Å². The van der Waals surface area contributed by atoms with E-state index in [1.807, 2.05) is 26.0 Å². The van der Waals surface area contributed by atoms with Crippen LogP contribution in [0.3, 0.4) is 0 Å². The van der Waals surface area contributed by atoms with E-state index in [4.69, 9.17) is 11.6 Å². The third-order valence-corrected chi connectivity index (χ3v) is 4.22. The highest BCUT2D eigenvalue weighted by atomic mass is 35.5. The summed E-state index contributed by atoms with van der Waals surface area (Å²) in [6, 6.07) is 2.27.